The molecular weight excluding hydrogens is 230 g/mol. The molecule has 2 atom stereocenters. The molecule has 0 bridgehead atoms. The molecule has 0 aliphatic carbocycles. The van der Waals surface area contributed by atoms with Crippen LogP contribution in [0.2, 0.25) is 0 Å². The van der Waals surface area contributed by atoms with Gasteiger partial charge in [-0.2, -0.15) is 0 Å². The molecule has 0 saturated heterocycles. The minimum Gasteiger partial charge on any atom is -0.327 e. The molecule has 3 heteroatoms. The van der Waals surface area contributed by atoms with E-state index in [1.807, 2.05) is 0 Å². The van der Waals surface area contributed by atoms with Crippen LogP contribution in [0.3, 0.4) is 0 Å². The summed E-state index contributed by atoms with van der Waals surface area (Å²) in [6, 6.07) is 0.130. The third-order valence-corrected chi connectivity index (χ3v) is 4.69. The zero-order valence-electron chi connectivity index (χ0n) is 11.7. The average Bonchev–Trinajstić information content (AvgIpc) is 2.32. The van der Waals surface area contributed by atoms with E-state index < -0.39 is 10.8 Å². The molecule has 0 spiro atoms. The minimum atomic E-state index is -0.685. The van der Waals surface area contributed by atoms with Crippen LogP contribution in [0.1, 0.15) is 71.6 Å². The highest BCUT2D eigenvalue weighted by molar-refractivity contribution is 7.85. The average molecular weight is 261 g/mol. The summed E-state index contributed by atoms with van der Waals surface area (Å²) in [5.41, 5.74) is 5.78. The van der Waals surface area contributed by atoms with Crippen molar-refractivity contribution in [1.29, 1.82) is 0 Å². The maximum absolute atomic E-state index is 11.6. The van der Waals surface area contributed by atoms with E-state index in [1.165, 1.54) is 44.9 Å². The fourth-order valence-corrected chi connectivity index (χ4v) is 3.24. The van der Waals surface area contributed by atoms with Gasteiger partial charge in [0.2, 0.25) is 0 Å². The summed E-state index contributed by atoms with van der Waals surface area (Å²) in [7, 11) is -0.685. The first-order chi connectivity index (χ1) is 8.20. The second-order valence-corrected chi connectivity index (χ2v) is 6.58. The first-order valence-electron chi connectivity index (χ1n) is 7.31. The quantitative estimate of drug-likeness (QED) is 0.545. The molecule has 0 aromatic heterocycles. The van der Waals surface area contributed by atoms with Gasteiger partial charge in [-0.1, -0.05) is 58.8 Å². The summed E-state index contributed by atoms with van der Waals surface area (Å²) in [5.74, 6) is 1.54. The van der Waals surface area contributed by atoms with Gasteiger partial charge in [0.05, 0.1) is 0 Å². The topological polar surface area (TPSA) is 43.1 Å². The van der Waals surface area contributed by atoms with Gasteiger partial charge in [-0.25, -0.2) is 0 Å². The van der Waals surface area contributed by atoms with E-state index in [0.717, 1.165) is 18.6 Å². The van der Waals surface area contributed by atoms with E-state index in [2.05, 4.69) is 13.8 Å². The van der Waals surface area contributed by atoms with Crippen molar-refractivity contribution in [2.24, 2.45) is 5.73 Å². The molecule has 0 aliphatic rings. The van der Waals surface area contributed by atoms with Gasteiger partial charge in [-0.15, -0.1) is 0 Å². The van der Waals surface area contributed by atoms with Crippen LogP contribution < -0.4 is 5.73 Å². The third kappa shape index (κ3) is 12.4. The first-order valence-corrected chi connectivity index (χ1v) is 8.80. The van der Waals surface area contributed by atoms with Gasteiger partial charge in [0.15, 0.2) is 0 Å². The van der Waals surface area contributed by atoms with Gasteiger partial charge in [0.25, 0.3) is 0 Å². The number of rotatable bonds is 12. The van der Waals surface area contributed by atoms with Crippen molar-refractivity contribution in [2.45, 2.75) is 77.7 Å². The van der Waals surface area contributed by atoms with E-state index in [0.29, 0.717) is 5.75 Å². The molecule has 0 aromatic carbocycles. The largest absolute Gasteiger partial charge is 0.327 e. The lowest BCUT2D eigenvalue weighted by Gasteiger charge is -2.08. The lowest BCUT2D eigenvalue weighted by molar-refractivity contribution is 0.584. The Bertz CT molecular complexity index is 185. The van der Waals surface area contributed by atoms with Crippen LogP contribution in [-0.2, 0) is 10.8 Å². The highest BCUT2D eigenvalue weighted by Crippen LogP contribution is 2.08. The number of nitrogens with two attached hydrogens (primary N) is 1. The van der Waals surface area contributed by atoms with Gasteiger partial charge >= 0.3 is 0 Å². The van der Waals surface area contributed by atoms with Crippen LogP contribution in [-0.4, -0.2) is 21.8 Å². The van der Waals surface area contributed by atoms with Crippen molar-refractivity contribution in [3.63, 3.8) is 0 Å². The summed E-state index contributed by atoms with van der Waals surface area (Å²) < 4.78 is 11.6. The van der Waals surface area contributed by atoms with Crippen LogP contribution in [0.4, 0.5) is 0 Å². The van der Waals surface area contributed by atoms with Crippen molar-refractivity contribution in [2.75, 3.05) is 11.5 Å². The third-order valence-electron chi connectivity index (χ3n) is 3.15. The first kappa shape index (κ1) is 17.1. The molecule has 0 aromatic rings. The highest BCUT2D eigenvalue weighted by atomic mass is 32.2. The predicted octanol–water partition coefficient (Wildman–Crippen LogP) is 3.61. The van der Waals surface area contributed by atoms with Crippen molar-refractivity contribution in [3.05, 3.63) is 0 Å². The fourth-order valence-electron chi connectivity index (χ4n) is 1.84. The number of hydrogen-bond donors (Lipinski definition) is 1. The molecular formula is C14H31NOS. The fraction of sp³-hybridized carbons (Fsp3) is 1.00. The normalized spacial score (nSPS) is 14.8. The lowest BCUT2D eigenvalue weighted by atomic mass is 10.1. The van der Waals surface area contributed by atoms with Gasteiger partial charge in [0.1, 0.15) is 0 Å². The highest BCUT2D eigenvalue weighted by Gasteiger charge is 2.05. The summed E-state index contributed by atoms with van der Waals surface area (Å²) in [4.78, 5) is 0. The Hall–Kier alpha value is 0.110. The minimum absolute atomic E-state index is 0.130. The second kappa shape index (κ2) is 12.6. The van der Waals surface area contributed by atoms with E-state index in [4.69, 9.17) is 5.73 Å². The molecule has 17 heavy (non-hydrogen) atoms. The lowest BCUT2D eigenvalue weighted by Crippen LogP contribution is -2.26. The Labute approximate surface area is 110 Å². The predicted molar refractivity (Wildman–Crippen MR) is 78.8 cm³/mol. The maximum Gasteiger partial charge on any atom is 0.0386 e. The number of hydrogen-bond acceptors (Lipinski definition) is 2. The smallest absolute Gasteiger partial charge is 0.0386 e. The van der Waals surface area contributed by atoms with Crippen LogP contribution >= 0.6 is 0 Å². The van der Waals surface area contributed by atoms with Crippen LogP contribution in [0, 0.1) is 0 Å². The maximum atomic E-state index is 11.6. The zero-order chi connectivity index (χ0) is 12.9. The Kier molecular flexibility index (Phi) is 12.6. The summed E-state index contributed by atoms with van der Waals surface area (Å²) in [5, 5.41) is 0. The molecule has 0 rings (SSSR count). The molecule has 0 heterocycles. The molecule has 2 N–H and O–H groups in total. The molecule has 0 fully saturated rings. The SMILES string of the molecule is CCCCCCCCCCS(=O)CC(N)CC. The monoisotopic (exact) mass is 261 g/mol. The van der Waals surface area contributed by atoms with Crippen LogP contribution in [0.25, 0.3) is 0 Å². The van der Waals surface area contributed by atoms with Crippen molar-refractivity contribution >= 4 is 10.8 Å². The van der Waals surface area contributed by atoms with Crippen LogP contribution in [0.5, 0.6) is 0 Å². The van der Waals surface area contributed by atoms with Gasteiger partial charge < -0.3 is 5.73 Å². The van der Waals surface area contributed by atoms with E-state index in [1.54, 1.807) is 0 Å². The van der Waals surface area contributed by atoms with E-state index in [9.17, 15) is 4.21 Å². The standard InChI is InChI=1S/C14H31NOS/c1-3-5-6-7-8-9-10-11-12-17(16)13-14(15)4-2/h14H,3-13,15H2,1-2H3. The van der Waals surface area contributed by atoms with Crippen LogP contribution in [0.15, 0.2) is 0 Å². The summed E-state index contributed by atoms with van der Waals surface area (Å²) >= 11 is 0. The zero-order valence-corrected chi connectivity index (χ0v) is 12.6. The van der Waals surface area contributed by atoms with E-state index in [-0.39, 0.29) is 6.04 Å². The van der Waals surface area contributed by atoms with E-state index >= 15 is 0 Å². The molecule has 0 radical (unpaired) electrons. The van der Waals surface area contributed by atoms with Gasteiger partial charge in [0, 0.05) is 28.3 Å². The molecule has 0 aliphatic heterocycles. The second-order valence-electron chi connectivity index (χ2n) is 4.95. The molecule has 0 saturated carbocycles. The Morgan fingerprint density at radius 2 is 1.47 bits per heavy atom. The molecule has 104 valence electrons. The summed E-state index contributed by atoms with van der Waals surface area (Å²) in [6.07, 6.45) is 11.4. The van der Waals surface area contributed by atoms with Crippen molar-refractivity contribution in [3.8, 4) is 0 Å². The van der Waals surface area contributed by atoms with Gasteiger partial charge in [-0.3, -0.25) is 4.21 Å². The van der Waals surface area contributed by atoms with Crippen molar-refractivity contribution in [1.82, 2.24) is 0 Å². The van der Waals surface area contributed by atoms with Gasteiger partial charge in [-0.05, 0) is 12.8 Å². The molecule has 2 unspecified atom stereocenters. The Morgan fingerprint density at radius 1 is 0.941 bits per heavy atom. The summed E-state index contributed by atoms with van der Waals surface area (Å²) in [6.45, 7) is 4.30. The molecule has 2 nitrogen and oxygen atoms in total. The van der Waals surface area contributed by atoms with Crippen molar-refractivity contribution < 1.29 is 4.21 Å². The Balaban J connectivity index is 3.19. The number of unbranched alkanes of at least 4 members (excludes halogenated alkanes) is 7. The Morgan fingerprint density at radius 3 is 2.00 bits per heavy atom. The molecule has 0 amide bonds.